The SMILES string of the molecule is CN=C(NCCc1ccc(OCC(C)C)cc1)NCc1cc(C(C)C)no1. The van der Waals surface area contributed by atoms with Gasteiger partial charge in [-0.05, 0) is 36.0 Å². The summed E-state index contributed by atoms with van der Waals surface area (Å²) in [6, 6.07) is 10.3. The summed E-state index contributed by atoms with van der Waals surface area (Å²) in [5.74, 6) is 3.36. The predicted octanol–water partition coefficient (Wildman–Crippen LogP) is 3.74. The molecule has 6 nitrogen and oxygen atoms in total. The summed E-state index contributed by atoms with van der Waals surface area (Å²) in [5.41, 5.74) is 2.22. The fraction of sp³-hybridized carbons (Fsp3) is 0.524. The van der Waals surface area contributed by atoms with Crippen molar-refractivity contribution >= 4 is 5.96 Å². The first-order chi connectivity index (χ1) is 13.0. The molecular weight excluding hydrogens is 340 g/mol. The van der Waals surface area contributed by atoms with Crippen molar-refractivity contribution in [1.82, 2.24) is 15.8 Å². The lowest BCUT2D eigenvalue weighted by Gasteiger charge is -2.11. The Hall–Kier alpha value is -2.50. The summed E-state index contributed by atoms with van der Waals surface area (Å²) in [6.45, 7) is 10.6. The van der Waals surface area contributed by atoms with Crippen LogP contribution in [0.1, 0.15) is 50.6 Å². The van der Waals surface area contributed by atoms with Gasteiger partial charge in [0.15, 0.2) is 11.7 Å². The number of benzene rings is 1. The van der Waals surface area contributed by atoms with E-state index in [1.807, 2.05) is 18.2 Å². The Labute approximate surface area is 162 Å². The van der Waals surface area contributed by atoms with Gasteiger partial charge in [-0.25, -0.2) is 0 Å². The molecule has 0 radical (unpaired) electrons. The molecule has 0 saturated heterocycles. The van der Waals surface area contributed by atoms with Crippen LogP contribution in [0.5, 0.6) is 5.75 Å². The molecule has 1 heterocycles. The average Bonchev–Trinajstić information content (AvgIpc) is 3.13. The maximum Gasteiger partial charge on any atom is 0.191 e. The molecule has 0 amide bonds. The first-order valence-electron chi connectivity index (χ1n) is 9.59. The van der Waals surface area contributed by atoms with Gasteiger partial charge in [0.2, 0.25) is 0 Å². The predicted molar refractivity (Wildman–Crippen MR) is 109 cm³/mol. The third-order valence-corrected chi connectivity index (χ3v) is 4.04. The van der Waals surface area contributed by atoms with Gasteiger partial charge in [-0.1, -0.05) is 45.0 Å². The summed E-state index contributed by atoms with van der Waals surface area (Å²) in [5, 5.41) is 10.6. The minimum absolute atomic E-state index is 0.363. The lowest BCUT2D eigenvalue weighted by atomic mass is 10.1. The van der Waals surface area contributed by atoms with Crippen molar-refractivity contribution < 1.29 is 9.26 Å². The molecule has 1 aromatic heterocycles. The van der Waals surface area contributed by atoms with Gasteiger partial charge in [-0.2, -0.15) is 0 Å². The number of nitrogens with one attached hydrogen (secondary N) is 2. The number of rotatable bonds is 9. The second-order valence-electron chi connectivity index (χ2n) is 7.32. The molecule has 0 aliphatic heterocycles. The van der Waals surface area contributed by atoms with Crippen LogP contribution in [0.25, 0.3) is 0 Å². The summed E-state index contributed by atoms with van der Waals surface area (Å²) < 4.78 is 11.0. The molecule has 0 saturated carbocycles. The zero-order valence-corrected chi connectivity index (χ0v) is 17.1. The highest BCUT2D eigenvalue weighted by Gasteiger charge is 2.08. The van der Waals surface area contributed by atoms with E-state index in [1.165, 1.54) is 5.56 Å². The van der Waals surface area contributed by atoms with Crippen molar-refractivity contribution in [3.63, 3.8) is 0 Å². The van der Waals surface area contributed by atoms with Gasteiger partial charge in [0, 0.05) is 19.7 Å². The van der Waals surface area contributed by atoms with Gasteiger partial charge in [0.1, 0.15) is 5.75 Å². The van der Waals surface area contributed by atoms with Crippen LogP contribution in [0.3, 0.4) is 0 Å². The number of hydrogen-bond donors (Lipinski definition) is 2. The normalized spacial score (nSPS) is 11.9. The molecular formula is C21H32N4O2. The highest BCUT2D eigenvalue weighted by Crippen LogP contribution is 2.14. The molecule has 0 aliphatic carbocycles. The van der Waals surface area contributed by atoms with Crippen LogP contribution in [-0.2, 0) is 13.0 Å². The first-order valence-corrected chi connectivity index (χ1v) is 9.59. The highest BCUT2D eigenvalue weighted by atomic mass is 16.5. The molecule has 0 unspecified atom stereocenters. The monoisotopic (exact) mass is 372 g/mol. The molecule has 2 N–H and O–H groups in total. The molecule has 1 aromatic carbocycles. The van der Waals surface area contributed by atoms with Crippen LogP contribution < -0.4 is 15.4 Å². The molecule has 148 valence electrons. The number of aliphatic imine (C=N–C) groups is 1. The molecule has 0 spiro atoms. The molecule has 0 atom stereocenters. The van der Waals surface area contributed by atoms with Gasteiger partial charge in [0.05, 0.1) is 18.8 Å². The van der Waals surface area contributed by atoms with Crippen molar-refractivity contribution in [2.24, 2.45) is 10.9 Å². The molecule has 27 heavy (non-hydrogen) atoms. The number of ether oxygens (including phenoxy) is 1. The van der Waals surface area contributed by atoms with E-state index in [0.717, 1.165) is 42.7 Å². The van der Waals surface area contributed by atoms with Crippen LogP contribution in [0.4, 0.5) is 0 Å². The molecule has 2 aromatic rings. The van der Waals surface area contributed by atoms with Crippen LogP contribution in [-0.4, -0.2) is 31.3 Å². The maximum absolute atomic E-state index is 5.71. The quantitative estimate of drug-likeness (QED) is 0.518. The Balaban J connectivity index is 1.72. The Bertz CT molecular complexity index is 705. The topological polar surface area (TPSA) is 71.7 Å². The third kappa shape index (κ3) is 7.33. The van der Waals surface area contributed by atoms with E-state index in [4.69, 9.17) is 9.26 Å². The fourth-order valence-electron chi connectivity index (χ4n) is 2.42. The lowest BCUT2D eigenvalue weighted by Crippen LogP contribution is -2.37. The van der Waals surface area contributed by atoms with Gasteiger partial charge < -0.3 is 19.9 Å². The summed E-state index contributed by atoms with van der Waals surface area (Å²) >= 11 is 0. The Kier molecular flexibility index (Phi) is 8.17. The van der Waals surface area contributed by atoms with Crippen molar-refractivity contribution in [3.8, 4) is 5.75 Å². The van der Waals surface area contributed by atoms with Crippen molar-refractivity contribution in [2.45, 2.75) is 46.6 Å². The Morgan fingerprint density at radius 1 is 1.15 bits per heavy atom. The molecule has 0 fully saturated rings. The van der Waals surface area contributed by atoms with Gasteiger partial charge in [-0.3, -0.25) is 4.99 Å². The summed E-state index contributed by atoms with van der Waals surface area (Å²) in [6.07, 6.45) is 0.908. The van der Waals surface area contributed by atoms with Crippen LogP contribution in [0.2, 0.25) is 0 Å². The smallest absolute Gasteiger partial charge is 0.191 e. The van der Waals surface area contributed by atoms with E-state index in [9.17, 15) is 0 Å². The van der Waals surface area contributed by atoms with E-state index >= 15 is 0 Å². The molecule has 0 aliphatic rings. The largest absolute Gasteiger partial charge is 0.493 e. The Morgan fingerprint density at radius 3 is 2.48 bits per heavy atom. The Morgan fingerprint density at radius 2 is 1.89 bits per heavy atom. The van der Waals surface area contributed by atoms with Crippen LogP contribution in [0.15, 0.2) is 39.8 Å². The van der Waals surface area contributed by atoms with Crippen LogP contribution in [0, 0.1) is 5.92 Å². The zero-order chi connectivity index (χ0) is 19.6. The number of aromatic nitrogens is 1. The number of nitrogens with zero attached hydrogens (tertiary/aromatic N) is 2. The maximum atomic E-state index is 5.71. The second kappa shape index (κ2) is 10.6. The van der Waals surface area contributed by atoms with Gasteiger partial charge in [0.25, 0.3) is 0 Å². The van der Waals surface area contributed by atoms with E-state index in [1.54, 1.807) is 7.05 Å². The second-order valence-corrected chi connectivity index (χ2v) is 7.32. The highest BCUT2D eigenvalue weighted by molar-refractivity contribution is 5.79. The summed E-state index contributed by atoms with van der Waals surface area (Å²) in [4.78, 5) is 4.24. The van der Waals surface area contributed by atoms with Crippen molar-refractivity contribution in [1.29, 1.82) is 0 Å². The number of hydrogen-bond acceptors (Lipinski definition) is 4. The molecule has 0 bridgehead atoms. The molecule has 2 rings (SSSR count). The average molecular weight is 373 g/mol. The minimum Gasteiger partial charge on any atom is -0.493 e. The van der Waals surface area contributed by atoms with Crippen LogP contribution >= 0.6 is 0 Å². The molecule has 6 heteroatoms. The minimum atomic E-state index is 0.363. The van der Waals surface area contributed by atoms with Crippen molar-refractivity contribution in [3.05, 3.63) is 47.3 Å². The zero-order valence-electron chi connectivity index (χ0n) is 17.1. The van der Waals surface area contributed by atoms with Gasteiger partial charge in [-0.15, -0.1) is 0 Å². The third-order valence-electron chi connectivity index (χ3n) is 4.04. The van der Waals surface area contributed by atoms with E-state index in [-0.39, 0.29) is 0 Å². The number of guanidine groups is 1. The van der Waals surface area contributed by atoms with E-state index in [0.29, 0.717) is 18.4 Å². The standard InChI is InChI=1S/C21H32N4O2/c1-15(2)14-26-18-8-6-17(7-9-18)10-11-23-21(22-5)24-13-19-12-20(16(3)4)25-27-19/h6-9,12,15-16H,10-11,13-14H2,1-5H3,(H2,22,23,24). The fourth-order valence-corrected chi connectivity index (χ4v) is 2.42. The van der Waals surface area contributed by atoms with Crippen molar-refractivity contribution in [2.75, 3.05) is 20.2 Å². The van der Waals surface area contributed by atoms with E-state index < -0.39 is 0 Å². The van der Waals surface area contributed by atoms with Gasteiger partial charge >= 0.3 is 0 Å². The first kappa shape index (κ1) is 20.8. The lowest BCUT2D eigenvalue weighted by molar-refractivity contribution is 0.271. The van der Waals surface area contributed by atoms with E-state index in [2.05, 4.69) is 60.6 Å². The summed E-state index contributed by atoms with van der Waals surface area (Å²) in [7, 11) is 1.76.